The molecular formula is C15H24N4O. The molecule has 5 heteroatoms. The number of nitrogens with one attached hydrogen (secondary N) is 2. The molecule has 1 heterocycles. The summed E-state index contributed by atoms with van der Waals surface area (Å²) in [5, 5.41) is 6.20. The Kier molecular flexibility index (Phi) is 5.32. The van der Waals surface area contributed by atoms with Crippen molar-refractivity contribution in [3.63, 3.8) is 0 Å². The lowest BCUT2D eigenvalue weighted by atomic mass is 9.87. The van der Waals surface area contributed by atoms with Gasteiger partial charge in [-0.3, -0.25) is 4.79 Å². The summed E-state index contributed by atoms with van der Waals surface area (Å²) in [6, 6.07) is 0.290. The van der Waals surface area contributed by atoms with E-state index in [-0.39, 0.29) is 5.91 Å². The second-order valence-corrected chi connectivity index (χ2v) is 5.64. The minimum atomic E-state index is -0.112. The topological polar surface area (TPSA) is 66.9 Å². The van der Waals surface area contributed by atoms with Gasteiger partial charge in [0.05, 0.1) is 12.4 Å². The van der Waals surface area contributed by atoms with Gasteiger partial charge in [-0.25, -0.2) is 9.97 Å². The summed E-state index contributed by atoms with van der Waals surface area (Å²) in [5.74, 6) is 1.39. The Balaban J connectivity index is 1.85. The van der Waals surface area contributed by atoms with E-state index in [9.17, 15) is 4.79 Å². The third kappa shape index (κ3) is 4.18. The van der Waals surface area contributed by atoms with E-state index in [1.807, 2.05) is 0 Å². The number of carbonyl (C=O) groups is 1. The number of amides is 1. The highest BCUT2D eigenvalue weighted by Crippen LogP contribution is 2.23. The third-order valence-corrected chi connectivity index (χ3v) is 3.79. The highest BCUT2D eigenvalue weighted by atomic mass is 16.1. The standard InChI is InChI=1S/C15H24N4O/c1-3-8-16-14-10-17-13(9-18-14)15(20)19-12-6-4-11(2)5-7-12/h9-12H,3-8H2,1-2H3,(H,16,18)(H,19,20). The maximum atomic E-state index is 12.1. The van der Waals surface area contributed by atoms with Crippen LogP contribution in [0.2, 0.25) is 0 Å². The van der Waals surface area contributed by atoms with Gasteiger partial charge in [-0.05, 0) is 38.0 Å². The molecule has 0 saturated heterocycles. The Bertz CT molecular complexity index is 424. The molecular weight excluding hydrogens is 252 g/mol. The summed E-state index contributed by atoms with van der Waals surface area (Å²) < 4.78 is 0. The molecule has 0 bridgehead atoms. The zero-order valence-electron chi connectivity index (χ0n) is 12.4. The van der Waals surface area contributed by atoms with Gasteiger partial charge in [0.2, 0.25) is 0 Å². The first kappa shape index (κ1) is 14.8. The van der Waals surface area contributed by atoms with Crippen LogP contribution < -0.4 is 10.6 Å². The summed E-state index contributed by atoms with van der Waals surface area (Å²) in [6.45, 7) is 5.22. The molecule has 20 heavy (non-hydrogen) atoms. The van der Waals surface area contributed by atoms with Gasteiger partial charge in [0, 0.05) is 12.6 Å². The van der Waals surface area contributed by atoms with Crippen LogP contribution in [0, 0.1) is 5.92 Å². The maximum Gasteiger partial charge on any atom is 0.271 e. The molecule has 1 aliphatic rings. The molecule has 1 aromatic rings. The van der Waals surface area contributed by atoms with Gasteiger partial charge in [-0.1, -0.05) is 13.8 Å². The fraction of sp³-hybridized carbons (Fsp3) is 0.667. The van der Waals surface area contributed by atoms with Gasteiger partial charge >= 0.3 is 0 Å². The summed E-state index contributed by atoms with van der Waals surface area (Å²) in [4.78, 5) is 20.5. The summed E-state index contributed by atoms with van der Waals surface area (Å²) in [7, 11) is 0. The quantitative estimate of drug-likeness (QED) is 0.867. The second kappa shape index (κ2) is 7.22. The van der Waals surface area contributed by atoms with Crippen LogP contribution in [0.1, 0.15) is 56.4 Å². The van der Waals surface area contributed by atoms with E-state index in [4.69, 9.17) is 0 Å². The molecule has 1 amide bonds. The van der Waals surface area contributed by atoms with Crippen molar-refractivity contribution in [3.8, 4) is 0 Å². The molecule has 1 fully saturated rings. The fourth-order valence-corrected chi connectivity index (χ4v) is 2.45. The first-order valence-electron chi connectivity index (χ1n) is 7.55. The van der Waals surface area contributed by atoms with Crippen LogP contribution in [-0.4, -0.2) is 28.5 Å². The van der Waals surface area contributed by atoms with Crippen molar-refractivity contribution in [1.29, 1.82) is 0 Å². The third-order valence-electron chi connectivity index (χ3n) is 3.79. The monoisotopic (exact) mass is 276 g/mol. The number of hydrogen-bond acceptors (Lipinski definition) is 4. The van der Waals surface area contributed by atoms with Crippen LogP contribution >= 0.6 is 0 Å². The normalized spacial score (nSPS) is 22.3. The van der Waals surface area contributed by atoms with Gasteiger partial charge in [-0.15, -0.1) is 0 Å². The zero-order valence-corrected chi connectivity index (χ0v) is 12.4. The molecule has 0 spiro atoms. The van der Waals surface area contributed by atoms with Crippen molar-refractivity contribution in [2.24, 2.45) is 5.92 Å². The van der Waals surface area contributed by atoms with Crippen molar-refractivity contribution < 1.29 is 4.79 Å². The minimum absolute atomic E-state index is 0.112. The van der Waals surface area contributed by atoms with Gasteiger partial charge in [0.1, 0.15) is 11.5 Å². The van der Waals surface area contributed by atoms with Gasteiger partial charge in [0.25, 0.3) is 5.91 Å². The molecule has 1 aromatic heterocycles. The van der Waals surface area contributed by atoms with E-state index < -0.39 is 0 Å². The maximum absolute atomic E-state index is 12.1. The molecule has 5 nitrogen and oxygen atoms in total. The highest BCUT2D eigenvalue weighted by Gasteiger charge is 2.20. The van der Waals surface area contributed by atoms with Crippen LogP contribution in [0.5, 0.6) is 0 Å². The van der Waals surface area contributed by atoms with Crippen molar-refractivity contribution in [2.45, 2.75) is 52.0 Å². The molecule has 0 aromatic carbocycles. The molecule has 2 N–H and O–H groups in total. The van der Waals surface area contributed by atoms with E-state index in [0.717, 1.165) is 37.5 Å². The second-order valence-electron chi connectivity index (χ2n) is 5.64. The predicted molar refractivity (Wildman–Crippen MR) is 79.7 cm³/mol. The molecule has 1 saturated carbocycles. The largest absolute Gasteiger partial charge is 0.369 e. The Morgan fingerprint density at radius 1 is 1.25 bits per heavy atom. The van der Waals surface area contributed by atoms with Crippen LogP contribution in [0.3, 0.4) is 0 Å². The van der Waals surface area contributed by atoms with Crippen molar-refractivity contribution in [2.75, 3.05) is 11.9 Å². The van der Waals surface area contributed by atoms with Crippen LogP contribution in [-0.2, 0) is 0 Å². The highest BCUT2D eigenvalue weighted by molar-refractivity contribution is 5.92. The number of aromatic nitrogens is 2. The first-order chi connectivity index (χ1) is 9.69. The summed E-state index contributed by atoms with van der Waals surface area (Å²) >= 11 is 0. The lowest BCUT2D eigenvalue weighted by Crippen LogP contribution is -2.37. The van der Waals surface area contributed by atoms with Crippen LogP contribution in [0.15, 0.2) is 12.4 Å². The Morgan fingerprint density at radius 2 is 2.00 bits per heavy atom. The van der Waals surface area contributed by atoms with Crippen molar-refractivity contribution in [3.05, 3.63) is 18.1 Å². The molecule has 110 valence electrons. The SMILES string of the molecule is CCCNc1cnc(C(=O)NC2CCC(C)CC2)cn1. The number of rotatable bonds is 5. The number of carbonyl (C=O) groups excluding carboxylic acids is 1. The Hall–Kier alpha value is -1.65. The predicted octanol–water partition coefficient (Wildman–Crippen LogP) is 2.61. The lowest BCUT2D eigenvalue weighted by Gasteiger charge is -2.26. The molecule has 0 atom stereocenters. The summed E-state index contributed by atoms with van der Waals surface area (Å²) in [5.41, 5.74) is 0.394. The van der Waals surface area contributed by atoms with Crippen molar-refractivity contribution in [1.82, 2.24) is 15.3 Å². The first-order valence-corrected chi connectivity index (χ1v) is 7.55. The minimum Gasteiger partial charge on any atom is -0.369 e. The number of nitrogens with zero attached hydrogens (tertiary/aromatic N) is 2. The Morgan fingerprint density at radius 3 is 2.60 bits per heavy atom. The summed E-state index contributed by atoms with van der Waals surface area (Å²) in [6.07, 6.45) is 8.70. The molecule has 0 unspecified atom stereocenters. The smallest absolute Gasteiger partial charge is 0.271 e. The van der Waals surface area contributed by atoms with E-state index in [2.05, 4.69) is 34.4 Å². The molecule has 0 radical (unpaired) electrons. The fourth-order valence-electron chi connectivity index (χ4n) is 2.45. The van der Waals surface area contributed by atoms with Gasteiger partial charge in [-0.2, -0.15) is 0 Å². The Labute approximate surface area is 120 Å². The average molecular weight is 276 g/mol. The van der Waals surface area contributed by atoms with E-state index >= 15 is 0 Å². The van der Waals surface area contributed by atoms with E-state index in [1.165, 1.54) is 12.8 Å². The molecule has 2 rings (SSSR count). The van der Waals surface area contributed by atoms with Gasteiger partial charge in [0.15, 0.2) is 0 Å². The number of anilines is 1. The van der Waals surface area contributed by atoms with Crippen LogP contribution in [0.4, 0.5) is 5.82 Å². The van der Waals surface area contributed by atoms with Gasteiger partial charge < -0.3 is 10.6 Å². The van der Waals surface area contributed by atoms with Crippen LogP contribution in [0.25, 0.3) is 0 Å². The molecule has 0 aliphatic heterocycles. The van der Waals surface area contributed by atoms with Crippen molar-refractivity contribution >= 4 is 11.7 Å². The van der Waals surface area contributed by atoms with E-state index in [0.29, 0.717) is 11.7 Å². The average Bonchev–Trinajstić information content (AvgIpc) is 2.48. The zero-order chi connectivity index (χ0) is 14.4. The number of hydrogen-bond donors (Lipinski definition) is 2. The lowest BCUT2D eigenvalue weighted by molar-refractivity contribution is 0.0917. The van der Waals surface area contributed by atoms with E-state index in [1.54, 1.807) is 12.4 Å². The molecule has 1 aliphatic carbocycles.